The van der Waals surface area contributed by atoms with Gasteiger partial charge in [0, 0.05) is 25.1 Å². The third-order valence-corrected chi connectivity index (χ3v) is 2.89. The third-order valence-electron chi connectivity index (χ3n) is 2.33. The first-order valence-corrected chi connectivity index (χ1v) is 6.73. The van der Waals surface area contributed by atoms with E-state index in [1.807, 2.05) is 0 Å². The van der Waals surface area contributed by atoms with Crippen LogP contribution in [-0.2, 0) is 9.47 Å². The largest absolute Gasteiger partial charge is 0.494 e. The number of methoxy groups -OCH3 is 2. The van der Waals surface area contributed by atoms with Gasteiger partial charge < -0.3 is 14.2 Å². The maximum Gasteiger partial charge on any atom is 0.222 e. The summed E-state index contributed by atoms with van der Waals surface area (Å²) in [7, 11) is 2.87. The molecule has 0 aromatic heterocycles. The molecular formula is C13H17BrO4. The van der Waals surface area contributed by atoms with Crippen LogP contribution in [0.2, 0.25) is 0 Å². The number of carbonyl (C=O) groups is 1. The highest BCUT2D eigenvalue weighted by Gasteiger charge is 2.18. The second-order valence-electron chi connectivity index (χ2n) is 3.58. The van der Waals surface area contributed by atoms with Crippen LogP contribution in [-0.4, -0.2) is 38.2 Å². The fraction of sp³-hybridized carbons (Fsp3) is 0.462. The molecule has 0 saturated carbocycles. The van der Waals surface area contributed by atoms with Crippen molar-refractivity contribution in [3.8, 4) is 5.75 Å². The predicted octanol–water partition coefficient (Wildman–Crippen LogP) is 2.65. The van der Waals surface area contributed by atoms with Crippen molar-refractivity contribution in [1.29, 1.82) is 0 Å². The number of hydrogen-bond donors (Lipinski definition) is 0. The molecule has 18 heavy (non-hydrogen) atoms. The van der Waals surface area contributed by atoms with Gasteiger partial charge in [0.25, 0.3) is 0 Å². The zero-order chi connectivity index (χ0) is 13.4. The van der Waals surface area contributed by atoms with Crippen molar-refractivity contribution in [2.75, 3.05) is 26.2 Å². The summed E-state index contributed by atoms with van der Waals surface area (Å²) in [5.74, 6) is 0.547. The topological polar surface area (TPSA) is 44.8 Å². The number of carbonyl (C=O) groups excluding carboxylic acids is 1. The molecule has 1 rings (SSSR count). The van der Waals surface area contributed by atoms with E-state index in [0.717, 1.165) is 17.5 Å². The summed E-state index contributed by atoms with van der Waals surface area (Å²) < 4.78 is 15.3. The van der Waals surface area contributed by atoms with Gasteiger partial charge in [-0.2, -0.15) is 0 Å². The quantitative estimate of drug-likeness (QED) is 0.320. The minimum Gasteiger partial charge on any atom is -0.494 e. The summed E-state index contributed by atoms with van der Waals surface area (Å²) >= 11 is 3.33. The van der Waals surface area contributed by atoms with Crippen LogP contribution in [0, 0.1) is 0 Å². The Morgan fingerprint density at radius 3 is 2.33 bits per heavy atom. The van der Waals surface area contributed by atoms with Gasteiger partial charge in [0.2, 0.25) is 12.1 Å². The predicted molar refractivity (Wildman–Crippen MR) is 72.5 cm³/mol. The molecule has 0 bridgehead atoms. The molecule has 5 heteroatoms. The van der Waals surface area contributed by atoms with Gasteiger partial charge in [0.1, 0.15) is 5.75 Å². The number of benzene rings is 1. The zero-order valence-corrected chi connectivity index (χ0v) is 12.1. The van der Waals surface area contributed by atoms with E-state index in [0.29, 0.717) is 12.2 Å². The molecule has 0 heterocycles. The molecule has 0 amide bonds. The van der Waals surface area contributed by atoms with Gasteiger partial charge in [-0.15, -0.1) is 0 Å². The first-order chi connectivity index (χ1) is 8.72. The molecule has 0 aliphatic rings. The molecule has 0 aliphatic heterocycles. The van der Waals surface area contributed by atoms with Crippen molar-refractivity contribution in [1.82, 2.24) is 0 Å². The lowest BCUT2D eigenvalue weighted by molar-refractivity contribution is -0.0742. The number of hydrogen-bond acceptors (Lipinski definition) is 4. The molecule has 100 valence electrons. The molecule has 1 aromatic carbocycles. The number of ketones is 1. The van der Waals surface area contributed by atoms with Gasteiger partial charge in [-0.1, -0.05) is 15.9 Å². The highest BCUT2D eigenvalue weighted by atomic mass is 79.9. The molecule has 0 aliphatic carbocycles. The number of ether oxygens (including phenoxy) is 3. The van der Waals surface area contributed by atoms with Crippen LogP contribution in [0.1, 0.15) is 16.8 Å². The van der Waals surface area contributed by atoms with E-state index in [1.165, 1.54) is 14.2 Å². The van der Waals surface area contributed by atoms with Crippen LogP contribution in [0.5, 0.6) is 5.75 Å². The van der Waals surface area contributed by atoms with Crippen LogP contribution in [0.15, 0.2) is 24.3 Å². The van der Waals surface area contributed by atoms with Crippen molar-refractivity contribution in [3.63, 3.8) is 0 Å². The molecule has 0 N–H and O–H groups in total. The standard InChI is InChI=1S/C13H17BrO4/c1-16-13(17-2)12(15)10-4-6-11(7-5-10)18-9-3-8-14/h4-7,13H,3,8-9H2,1-2H3. The Morgan fingerprint density at radius 2 is 1.83 bits per heavy atom. The summed E-state index contributed by atoms with van der Waals surface area (Å²) in [5.41, 5.74) is 0.538. The molecule has 0 spiro atoms. The molecule has 0 atom stereocenters. The molecule has 0 fully saturated rings. The number of alkyl halides is 1. The Hall–Kier alpha value is -0.910. The third kappa shape index (κ3) is 4.40. The van der Waals surface area contributed by atoms with Crippen LogP contribution in [0.3, 0.4) is 0 Å². The minimum atomic E-state index is -0.856. The Bertz CT molecular complexity index is 360. The van der Waals surface area contributed by atoms with Crippen LogP contribution in [0.25, 0.3) is 0 Å². The van der Waals surface area contributed by atoms with E-state index in [1.54, 1.807) is 24.3 Å². The van der Waals surface area contributed by atoms with E-state index in [-0.39, 0.29) is 5.78 Å². The molecule has 0 saturated heterocycles. The summed E-state index contributed by atoms with van der Waals surface area (Å²) in [4.78, 5) is 11.9. The Labute approximate surface area is 115 Å². The van der Waals surface area contributed by atoms with Gasteiger partial charge in [-0.05, 0) is 30.7 Å². The average molecular weight is 317 g/mol. The van der Waals surface area contributed by atoms with E-state index < -0.39 is 6.29 Å². The summed E-state index contributed by atoms with van der Waals surface area (Å²) in [6.45, 7) is 0.650. The van der Waals surface area contributed by atoms with Crippen LogP contribution in [0.4, 0.5) is 0 Å². The van der Waals surface area contributed by atoms with E-state index in [4.69, 9.17) is 14.2 Å². The van der Waals surface area contributed by atoms with Gasteiger partial charge in [-0.25, -0.2) is 0 Å². The van der Waals surface area contributed by atoms with Crippen LogP contribution < -0.4 is 4.74 Å². The Kier molecular flexibility index (Phi) is 6.93. The first kappa shape index (κ1) is 15.1. The van der Waals surface area contributed by atoms with E-state index in [2.05, 4.69) is 15.9 Å². The van der Waals surface area contributed by atoms with Gasteiger partial charge >= 0.3 is 0 Å². The maximum absolute atomic E-state index is 11.9. The molecule has 1 aromatic rings. The smallest absolute Gasteiger partial charge is 0.222 e. The lowest BCUT2D eigenvalue weighted by atomic mass is 10.1. The van der Waals surface area contributed by atoms with Gasteiger partial charge in [-0.3, -0.25) is 4.79 Å². The van der Waals surface area contributed by atoms with Crippen molar-refractivity contribution in [3.05, 3.63) is 29.8 Å². The second kappa shape index (κ2) is 8.24. The first-order valence-electron chi connectivity index (χ1n) is 5.61. The number of rotatable bonds is 8. The van der Waals surface area contributed by atoms with Crippen LogP contribution >= 0.6 is 15.9 Å². The number of Topliss-reactive ketones (excluding diaryl/α,β-unsaturated/α-hetero) is 1. The normalized spacial score (nSPS) is 10.7. The van der Waals surface area contributed by atoms with Gasteiger partial charge in [0.05, 0.1) is 6.61 Å². The van der Waals surface area contributed by atoms with Crippen molar-refractivity contribution in [2.45, 2.75) is 12.7 Å². The zero-order valence-electron chi connectivity index (χ0n) is 10.5. The molecule has 4 nitrogen and oxygen atoms in total. The Balaban J connectivity index is 2.61. The fourth-order valence-electron chi connectivity index (χ4n) is 1.41. The summed E-state index contributed by atoms with van der Waals surface area (Å²) in [5, 5.41) is 0.910. The average Bonchev–Trinajstić information content (AvgIpc) is 2.41. The van der Waals surface area contributed by atoms with E-state index >= 15 is 0 Å². The van der Waals surface area contributed by atoms with E-state index in [9.17, 15) is 4.79 Å². The summed E-state index contributed by atoms with van der Waals surface area (Å²) in [6, 6.07) is 6.95. The lowest BCUT2D eigenvalue weighted by Gasteiger charge is -2.12. The highest BCUT2D eigenvalue weighted by molar-refractivity contribution is 9.09. The molecule has 0 unspecified atom stereocenters. The van der Waals surface area contributed by atoms with Crippen molar-refractivity contribution >= 4 is 21.7 Å². The highest BCUT2D eigenvalue weighted by Crippen LogP contribution is 2.14. The maximum atomic E-state index is 11.9. The SMILES string of the molecule is COC(OC)C(=O)c1ccc(OCCCBr)cc1. The van der Waals surface area contributed by atoms with Crippen molar-refractivity contribution in [2.24, 2.45) is 0 Å². The minimum absolute atomic E-state index is 0.202. The lowest BCUT2D eigenvalue weighted by Crippen LogP contribution is -2.24. The van der Waals surface area contributed by atoms with Crippen molar-refractivity contribution < 1.29 is 19.0 Å². The molecular weight excluding hydrogens is 300 g/mol. The second-order valence-corrected chi connectivity index (χ2v) is 4.38. The monoisotopic (exact) mass is 316 g/mol. The Morgan fingerprint density at radius 1 is 1.22 bits per heavy atom. The number of halogens is 1. The fourth-order valence-corrected chi connectivity index (χ4v) is 1.64. The molecule has 0 radical (unpaired) electrons. The summed E-state index contributed by atoms with van der Waals surface area (Å²) in [6.07, 6.45) is 0.0843. The van der Waals surface area contributed by atoms with Gasteiger partial charge in [0.15, 0.2) is 0 Å².